The number of ether oxygens (including phenoxy) is 1. The number of rotatable bonds is 6. The summed E-state index contributed by atoms with van der Waals surface area (Å²) in [6.45, 7) is 7.73. The Bertz CT molecular complexity index is 355. The summed E-state index contributed by atoms with van der Waals surface area (Å²) in [6, 6.07) is 0.770. The van der Waals surface area contributed by atoms with Gasteiger partial charge < -0.3 is 10.1 Å². The fraction of sp³-hybridized carbons (Fsp3) is 0.833. The van der Waals surface area contributed by atoms with E-state index in [9.17, 15) is 0 Å². The van der Waals surface area contributed by atoms with Gasteiger partial charge in [-0.1, -0.05) is 11.3 Å². The Morgan fingerprint density at radius 3 is 2.65 bits per heavy atom. The fourth-order valence-corrected chi connectivity index (χ4v) is 2.15. The SMILES string of the molecule is CC(C)(C)OCc1nnc(CCNC2CC2)s1. The zero-order chi connectivity index (χ0) is 12.3. The Hall–Kier alpha value is -0.520. The van der Waals surface area contributed by atoms with Crippen LogP contribution < -0.4 is 5.32 Å². The maximum absolute atomic E-state index is 5.67. The first-order chi connectivity index (χ1) is 8.03. The largest absolute Gasteiger partial charge is 0.369 e. The number of nitrogens with zero attached hydrogens (tertiary/aromatic N) is 2. The molecule has 1 aromatic heterocycles. The third kappa shape index (κ3) is 5.10. The van der Waals surface area contributed by atoms with Crippen molar-refractivity contribution in [1.82, 2.24) is 15.5 Å². The Labute approximate surface area is 107 Å². The highest BCUT2D eigenvalue weighted by atomic mass is 32.1. The first-order valence-electron chi connectivity index (χ1n) is 6.21. The molecule has 0 bridgehead atoms. The Morgan fingerprint density at radius 1 is 1.29 bits per heavy atom. The van der Waals surface area contributed by atoms with Gasteiger partial charge in [-0.25, -0.2) is 0 Å². The van der Waals surface area contributed by atoms with E-state index in [0.717, 1.165) is 29.0 Å². The minimum absolute atomic E-state index is 0.112. The molecule has 0 spiro atoms. The molecule has 0 unspecified atom stereocenters. The zero-order valence-electron chi connectivity index (χ0n) is 10.8. The highest BCUT2D eigenvalue weighted by Gasteiger charge is 2.20. The fourth-order valence-electron chi connectivity index (χ4n) is 1.40. The van der Waals surface area contributed by atoms with Crippen molar-refractivity contribution in [2.45, 2.75) is 58.3 Å². The minimum Gasteiger partial charge on any atom is -0.369 e. The van der Waals surface area contributed by atoms with Gasteiger partial charge >= 0.3 is 0 Å². The highest BCUT2D eigenvalue weighted by molar-refractivity contribution is 7.11. The zero-order valence-corrected chi connectivity index (χ0v) is 11.6. The second-order valence-electron chi connectivity index (χ2n) is 5.47. The van der Waals surface area contributed by atoms with E-state index in [1.807, 2.05) is 0 Å². The van der Waals surface area contributed by atoms with Crippen LogP contribution in [0.1, 0.15) is 43.6 Å². The summed E-state index contributed by atoms with van der Waals surface area (Å²) in [5, 5.41) is 13.9. The van der Waals surface area contributed by atoms with Gasteiger partial charge in [0.1, 0.15) is 16.6 Å². The number of nitrogens with one attached hydrogen (secondary N) is 1. The molecule has 2 rings (SSSR count). The summed E-state index contributed by atoms with van der Waals surface area (Å²) in [6.07, 6.45) is 3.64. The summed E-state index contributed by atoms with van der Waals surface area (Å²) in [5.41, 5.74) is -0.112. The quantitative estimate of drug-likeness (QED) is 0.846. The van der Waals surface area contributed by atoms with Crippen LogP contribution >= 0.6 is 11.3 Å². The Kier molecular flexibility index (Phi) is 4.12. The molecule has 4 nitrogen and oxygen atoms in total. The van der Waals surface area contributed by atoms with E-state index in [4.69, 9.17) is 4.74 Å². The molecule has 1 saturated carbocycles. The second-order valence-corrected chi connectivity index (χ2v) is 6.62. The lowest BCUT2D eigenvalue weighted by atomic mass is 10.2. The molecule has 0 aliphatic heterocycles. The van der Waals surface area contributed by atoms with E-state index in [1.165, 1.54) is 12.8 Å². The van der Waals surface area contributed by atoms with Crippen LogP contribution in [-0.4, -0.2) is 28.4 Å². The van der Waals surface area contributed by atoms with Crippen LogP contribution in [0.4, 0.5) is 0 Å². The number of aromatic nitrogens is 2. The van der Waals surface area contributed by atoms with E-state index in [1.54, 1.807) is 11.3 Å². The summed E-state index contributed by atoms with van der Waals surface area (Å²) < 4.78 is 5.67. The molecule has 1 aromatic rings. The second kappa shape index (κ2) is 5.42. The maximum atomic E-state index is 5.67. The summed E-state index contributed by atoms with van der Waals surface area (Å²) in [7, 11) is 0. The molecule has 0 aromatic carbocycles. The van der Waals surface area contributed by atoms with Crippen molar-refractivity contribution >= 4 is 11.3 Å². The first-order valence-corrected chi connectivity index (χ1v) is 7.03. The van der Waals surface area contributed by atoms with Gasteiger partial charge in [-0.3, -0.25) is 0 Å². The molecule has 0 amide bonds. The molecule has 1 heterocycles. The summed E-state index contributed by atoms with van der Waals surface area (Å²) >= 11 is 1.66. The average Bonchev–Trinajstić information content (AvgIpc) is 2.93. The predicted octanol–water partition coefficient (Wildman–Crippen LogP) is 2.15. The molecule has 0 radical (unpaired) electrons. The smallest absolute Gasteiger partial charge is 0.143 e. The topological polar surface area (TPSA) is 47.0 Å². The van der Waals surface area contributed by atoms with Crippen molar-refractivity contribution in [2.24, 2.45) is 0 Å². The lowest BCUT2D eigenvalue weighted by Gasteiger charge is -2.17. The van der Waals surface area contributed by atoms with Crippen LogP contribution in [0.25, 0.3) is 0 Å². The van der Waals surface area contributed by atoms with Gasteiger partial charge in [0.2, 0.25) is 0 Å². The molecule has 96 valence electrons. The van der Waals surface area contributed by atoms with Crippen LogP contribution in [0.5, 0.6) is 0 Å². The minimum atomic E-state index is -0.112. The normalized spacial score (nSPS) is 16.4. The monoisotopic (exact) mass is 255 g/mol. The van der Waals surface area contributed by atoms with E-state index in [0.29, 0.717) is 6.61 Å². The summed E-state index contributed by atoms with van der Waals surface area (Å²) in [4.78, 5) is 0. The Morgan fingerprint density at radius 2 is 2.00 bits per heavy atom. The molecule has 1 aliphatic carbocycles. The number of hydrogen-bond acceptors (Lipinski definition) is 5. The van der Waals surface area contributed by atoms with Crippen molar-refractivity contribution in [3.05, 3.63) is 10.0 Å². The standard InChI is InChI=1S/C12H21N3OS/c1-12(2,3)16-8-11-15-14-10(17-11)6-7-13-9-4-5-9/h9,13H,4-8H2,1-3H3. The maximum Gasteiger partial charge on any atom is 0.143 e. The highest BCUT2D eigenvalue weighted by Crippen LogP contribution is 2.19. The molecule has 1 N–H and O–H groups in total. The molecule has 5 heteroatoms. The number of hydrogen-bond donors (Lipinski definition) is 1. The summed E-state index contributed by atoms with van der Waals surface area (Å²) in [5.74, 6) is 0. The third-order valence-corrected chi connectivity index (χ3v) is 3.44. The molecule has 1 aliphatic rings. The van der Waals surface area contributed by atoms with Crippen LogP contribution in [0.15, 0.2) is 0 Å². The van der Waals surface area contributed by atoms with E-state index in [2.05, 4.69) is 36.3 Å². The molecular weight excluding hydrogens is 234 g/mol. The van der Waals surface area contributed by atoms with Gasteiger partial charge in [0.05, 0.1) is 5.60 Å². The Balaban J connectivity index is 1.70. The average molecular weight is 255 g/mol. The van der Waals surface area contributed by atoms with Crippen molar-refractivity contribution in [2.75, 3.05) is 6.54 Å². The van der Waals surface area contributed by atoms with Crippen LogP contribution in [0.3, 0.4) is 0 Å². The van der Waals surface area contributed by atoms with Crippen molar-refractivity contribution < 1.29 is 4.74 Å². The van der Waals surface area contributed by atoms with Crippen molar-refractivity contribution in [3.63, 3.8) is 0 Å². The molecule has 0 atom stereocenters. The van der Waals surface area contributed by atoms with Crippen LogP contribution in [-0.2, 0) is 17.8 Å². The van der Waals surface area contributed by atoms with Gasteiger partial charge in [0.25, 0.3) is 0 Å². The van der Waals surface area contributed by atoms with E-state index in [-0.39, 0.29) is 5.60 Å². The van der Waals surface area contributed by atoms with Gasteiger partial charge in [0, 0.05) is 19.0 Å². The van der Waals surface area contributed by atoms with E-state index < -0.39 is 0 Å². The van der Waals surface area contributed by atoms with Crippen molar-refractivity contribution in [3.8, 4) is 0 Å². The van der Waals surface area contributed by atoms with Crippen LogP contribution in [0.2, 0.25) is 0 Å². The van der Waals surface area contributed by atoms with Gasteiger partial charge in [-0.2, -0.15) is 0 Å². The lowest BCUT2D eigenvalue weighted by molar-refractivity contribution is -0.0152. The van der Waals surface area contributed by atoms with Crippen molar-refractivity contribution in [1.29, 1.82) is 0 Å². The lowest BCUT2D eigenvalue weighted by Crippen LogP contribution is -2.19. The first kappa shape index (κ1) is 12.9. The van der Waals surface area contributed by atoms with E-state index >= 15 is 0 Å². The molecule has 0 saturated heterocycles. The third-order valence-electron chi connectivity index (χ3n) is 2.49. The van der Waals surface area contributed by atoms with Gasteiger partial charge in [0.15, 0.2) is 0 Å². The van der Waals surface area contributed by atoms with Gasteiger partial charge in [-0.05, 0) is 33.6 Å². The van der Waals surface area contributed by atoms with Gasteiger partial charge in [-0.15, -0.1) is 10.2 Å². The molecular formula is C12H21N3OS. The predicted molar refractivity (Wildman–Crippen MR) is 69.2 cm³/mol. The molecule has 17 heavy (non-hydrogen) atoms. The van der Waals surface area contributed by atoms with Crippen LogP contribution in [0, 0.1) is 0 Å². The molecule has 1 fully saturated rings.